The molecule has 0 aliphatic carbocycles. The first kappa shape index (κ1) is 9.80. The fourth-order valence-electron chi connectivity index (χ4n) is 0.709. The Balaban J connectivity index is 2.93. The summed E-state index contributed by atoms with van der Waals surface area (Å²) in [4.78, 5) is 0. The summed E-state index contributed by atoms with van der Waals surface area (Å²) in [7, 11) is 0. The van der Waals surface area contributed by atoms with Gasteiger partial charge < -0.3 is 9.27 Å². The molecule has 0 fully saturated rings. The van der Waals surface area contributed by atoms with Crippen LogP contribution in [-0.4, -0.2) is 8.76 Å². The van der Waals surface area contributed by atoms with Crippen LogP contribution in [0.15, 0.2) is 18.2 Å². The topological polar surface area (TPSA) is 52.2 Å². The van der Waals surface area contributed by atoms with Crippen molar-refractivity contribution >= 4 is 40.2 Å². The maximum atomic E-state index is 10.2. The Bertz CT molecular complexity index is 298. The average molecular weight is 225 g/mol. The molecular weight excluding hydrogens is 221 g/mol. The first-order chi connectivity index (χ1) is 5.58. The molecule has 1 aromatic carbocycles. The summed E-state index contributed by atoms with van der Waals surface area (Å²) < 4.78 is 22.5. The largest absolute Gasteiger partial charge is 0.755 e. The van der Waals surface area contributed by atoms with Crippen LogP contribution in [0.4, 0.5) is 5.69 Å². The summed E-state index contributed by atoms with van der Waals surface area (Å²) in [5.74, 6) is 0. The number of nitrogens with one attached hydrogen (secondary N) is 1. The molecule has 0 bridgehead atoms. The van der Waals surface area contributed by atoms with Gasteiger partial charge in [0.05, 0.1) is 0 Å². The molecule has 0 saturated heterocycles. The van der Waals surface area contributed by atoms with Crippen LogP contribution < -0.4 is 4.72 Å². The number of benzene rings is 1. The van der Waals surface area contributed by atoms with Crippen molar-refractivity contribution in [3.8, 4) is 0 Å². The van der Waals surface area contributed by atoms with Gasteiger partial charge in [0.1, 0.15) is 0 Å². The summed E-state index contributed by atoms with van der Waals surface area (Å²) in [5, 5.41) is 0.769. The Morgan fingerprint density at radius 1 is 1.25 bits per heavy atom. The highest BCUT2D eigenvalue weighted by molar-refractivity contribution is 7.80. The van der Waals surface area contributed by atoms with Crippen molar-refractivity contribution < 1.29 is 8.76 Å². The summed E-state index contributed by atoms with van der Waals surface area (Å²) in [6, 6.07) is 4.44. The van der Waals surface area contributed by atoms with Gasteiger partial charge in [-0.05, 0) is 18.2 Å². The second-order valence-corrected chi connectivity index (χ2v) is 3.54. The van der Waals surface area contributed by atoms with Gasteiger partial charge >= 0.3 is 0 Å². The lowest BCUT2D eigenvalue weighted by molar-refractivity contribution is 0.542. The van der Waals surface area contributed by atoms with Crippen molar-refractivity contribution in [3.63, 3.8) is 0 Å². The van der Waals surface area contributed by atoms with Crippen LogP contribution in [0.2, 0.25) is 10.0 Å². The Labute approximate surface area is 82.1 Å². The molecule has 6 heteroatoms. The Hall–Kier alpha value is -0.290. The molecule has 0 amide bonds. The van der Waals surface area contributed by atoms with Crippen LogP contribution in [0.3, 0.4) is 0 Å². The quantitative estimate of drug-likeness (QED) is 0.784. The first-order valence-electron chi connectivity index (χ1n) is 2.90. The Morgan fingerprint density at radius 3 is 2.17 bits per heavy atom. The van der Waals surface area contributed by atoms with Crippen LogP contribution in [0.1, 0.15) is 0 Å². The number of hydrogen-bond acceptors (Lipinski definition) is 2. The van der Waals surface area contributed by atoms with Gasteiger partial charge in [-0.15, -0.1) is 0 Å². The molecule has 0 aromatic heterocycles. The fraction of sp³-hybridized carbons (Fsp3) is 0. The highest BCUT2D eigenvalue weighted by Crippen LogP contribution is 2.22. The van der Waals surface area contributed by atoms with Crippen molar-refractivity contribution in [2.75, 3.05) is 4.72 Å². The highest BCUT2D eigenvalue weighted by atomic mass is 35.5. The predicted octanol–water partition coefficient (Wildman–Crippen LogP) is 2.20. The SMILES string of the molecule is O=S([O-])Nc1cc(Cl)cc(Cl)c1. The molecule has 0 aliphatic rings. The van der Waals surface area contributed by atoms with E-state index in [1.807, 2.05) is 0 Å². The zero-order chi connectivity index (χ0) is 9.14. The van der Waals surface area contributed by atoms with Crippen LogP contribution in [-0.2, 0) is 11.3 Å². The number of halogens is 2. The van der Waals surface area contributed by atoms with E-state index in [9.17, 15) is 8.76 Å². The van der Waals surface area contributed by atoms with Gasteiger partial charge in [0.2, 0.25) is 0 Å². The summed E-state index contributed by atoms with van der Waals surface area (Å²) in [6.45, 7) is 0. The molecular formula is C6H4Cl2NO2S-. The molecule has 1 aromatic rings. The number of anilines is 1. The fourth-order valence-corrected chi connectivity index (χ4v) is 1.55. The van der Waals surface area contributed by atoms with Gasteiger partial charge in [-0.1, -0.05) is 23.2 Å². The molecule has 1 unspecified atom stereocenters. The smallest absolute Gasteiger partial charge is 0.0482 e. The third kappa shape index (κ3) is 2.98. The molecule has 0 saturated carbocycles. The van der Waals surface area contributed by atoms with Gasteiger partial charge in [-0.2, -0.15) is 0 Å². The van der Waals surface area contributed by atoms with Crippen LogP contribution in [0.5, 0.6) is 0 Å². The van der Waals surface area contributed by atoms with Crippen LogP contribution in [0.25, 0.3) is 0 Å². The minimum atomic E-state index is -2.35. The van der Waals surface area contributed by atoms with Crippen molar-refractivity contribution in [2.24, 2.45) is 0 Å². The zero-order valence-electron chi connectivity index (χ0n) is 5.71. The van der Waals surface area contributed by atoms with E-state index in [2.05, 4.69) is 4.72 Å². The normalized spacial score (nSPS) is 12.6. The minimum absolute atomic E-state index is 0.348. The second kappa shape index (κ2) is 4.09. The van der Waals surface area contributed by atoms with E-state index in [-0.39, 0.29) is 0 Å². The van der Waals surface area contributed by atoms with Gasteiger partial charge in [0.25, 0.3) is 0 Å². The average Bonchev–Trinajstić information content (AvgIpc) is 1.81. The van der Waals surface area contributed by atoms with E-state index < -0.39 is 11.3 Å². The van der Waals surface area contributed by atoms with Crippen LogP contribution in [0, 0.1) is 0 Å². The lowest BCUT2D eigenvalue weighted by Crippen LogP contribution is -2.01. The minimum Gasteiger partial charge on any atom is -0.755 e. The third-order valence-corrected chi connectivity index (χ3v) is 1.90. The molecule has 1 N–H and O–H groups in total. The molecule has 0 radical (unpaired) electrons. The molecule has 66 valence electrons. The Morgan fingerprint density at radius 2 is 1.75 bits per heavy atom. The van der Waals surface area contributed by atoms with E-state index >= 15 is 0 Å². The monoisotopic (exact) mass is 224 g/mol. The zero-order valence-corrected chi connectivity index (χ0v) is 8.04. The first-order valence-corrected chi connectivity index (χ1v) is 4.73. The molecule has 0 spiro atoms. The van der Waals surface area contributed by atoms with Gasteiger partial charge in [-0.25, -0.2) is 0 Å². The molecule has 1 rings (SSSR count). The number of hydrogen-bond donors (Lipinski definition) is 1. The van der Waals surface area contributed by atoms with E-state index in [0.29, 0.717) is 15.7 Å². The van der Waals surface area contributed by atoms with Crippen LogP contribution >= 0.6 is 23.2 Å². The number of rotatable bonds is 2. The van der Waals surface area contributed by atoms with Crippen molar-refractivity contribution in [2.45, 2.75) is 0 Å². The van der Waals surface area contributed by atoms with E-state index in [4.69, 9.17) is 23.2 Å². The standard InChI is InChI=1S/C6H5Cl2NO2S/c7-4-1-5(8)3-6(2-4)9-12(10)11/h1-3,9H,(H,10,11)/p-1. The molecule has 1 atom stereocenters. The van der Waals surface area contributed by atoms with E-state index in [1.54, 1.807) is 0 Å². The predicted molar refractivity (Wildman–Crippen MR) is 49.0 cm³/mol. The van der Waals surface area contributed by atoms with Crippen molar-refractivity contribution in [3.05, 3.63) is 28.2 Å². The van der Waals surface area contributed by atoms with Gasteiger partial charge in [0, 0.05) is 27.0 Å². The molecule has 3 nitrogen and oxygen atoms in total. The molecule has 0 heterocycles. The van der Waals surface area contributed by atoms with Gasteiger partial charge in [0.15, 0.2) is 0 Å². The molecule has 12 heavy (non-hydrogen) atoms. The lowest BCUT2D eigenvalue weighted by Gasteiger charge is -2.08. The third-order valence-electron chi connectivity index (χ3n) is 1.06. The van der Waals surface area contributed by atoms with Gasteiger partial charge in [-0.3, -0.25) is 4.21 Å². The highest BCUT2D eigenvalue weighted by Gasteiger charge is 1.96. The van der Waals surface area contributed by atoms with Crippen molar-refractivity contribution in [1.82, 2.24) is 0 Å². The maximum absolute atomic E-state index is 10.2. The summed E-state index contributed by atoms with van der Waals surface area (Å²) in [5.41, 5.74) is 0.348. The Kier molecular flexibility index (Phi) is 3.34. The summed E-state index contributed by atoms with van der Waals surface area (Å²) >= 11 is 8.87. The van der Waals surface area contributed by atoms with E-state index in [0.717, 1.165) is 0 Å². The maximum Gasteiger partial charge on any atom is 0.0482 e. The summed E-state index contributed by atoms with van der Waals surface area (Å²) in [6.07, 6.45) is 0. The van der Waals surface area contributed by atoms with E-state index in [1.165, 1.54) is 18.2 Å². The van der Waals surface area contributed by atoms with Crippen molar-refractivity contribution in [1.29, 1.82) is 0 Å². The second-order valence-electron chi connectivity index (χ2n) is 1.99. The molecule has 0 aliphatic heterocycles. The lowest BCUT2D eigenvalue weighted by atomic mass is 10.3.